The molecule has 0 aliphatic rings. The number of hydrogen-bond acceptors (Lipinski definition) is 4. The lowest BCUT2D eigenvalue weighted by molar-refractivity contribution is -0.385. The van der Waals surface area contributed by atoms with E-state index in [0.29, 0.717) is 11.8 Å². The topological polar surface area (TPSA) is 77.3 Å². The lowest BCUT2D eigenvalue weighted by Crippen LogP contribution is -2.13. The SMILES string of the molecule is CC(C)(C)c1ccc(CC(=O)CC=O)c([N+](=O)[O-])c1. The zero-order valence-corrected chi connectivity index (χ0v) is 11.3. The average molecular weight is 263 g/mol. The van der Waals surface area contributed by atoms with Crippen LogP contribution in [0.15, 0.2) is 18.2 Å². The van der Waals surface area contributed by atoms with E-state index in [1.807, 2.05) is 20.8 Å². The molecule has 0 N–H and O–H groups in total. The number of rotatable bonds is 5. The molecule has 0 heterocycles. The van der Waals surface area contributed by atoms with E-state index < -0.39 is 4.92 Å². The van der Waals surface area contributed by atoms with Gasteiger partial charge in [-0.2, -0.15) is 0 Å². The number of carbonyl (C=O) groups excluding carboxylic acids is 2. The van der Waals surface area contributed by atoms with E-state index >= 15 is 0 Å². The van der Waals surface area contributed by atoms with Crippen molar-refractivity contribution >= 4 is 17.8 Å². The van der Waals surface area contributed by atoms with Gasteiger partial charge >= 0.3 is 0 Å². The van der Waals surface area contributed by atoms with Crippen molar-refractivity contribution in [3.63, 3.8) is 0 Å². The third kappa shape index (κ3) is 3.98. The Hall–Kier alpha value is -2.04. The Morgan fingerprint density at radius 3 is 2.47 bits per heavy atom. The third-order valence-corrected chi connectivity index (χ3v) is 2.85. The normalized spacial score (nSPS) is 11.1. The molecule has 0 radical (unpaired) electrons. The fraction of sp³-hybridized carbons (Fsp3) is 0.429. The number of nitro groups is 1. The van der Waals surface area contributed by atoms with E-state index in [-0.39, 0.29) is 29.7 Å². The minimum atomic E-state index is -0.487. The van der Waals surface area contributed by atoms with Crippen LogP contribution in [-0.4, -0.2) is 17.0 Å². The maximum Gasteiger partial charge on any atom is 0.273 e. The molecule has 1 aromatic carbocycles. The first kappa shape index (κ1) is 15.0. The van der Waals surface area contributed by atoms with Gasteiger partial charge in [0.1, 0.15) is 12.1 Å². The maximum absolute atomic E-state index is 11.4. The van der Waals surface area contributed by atoms with E-state index in [1.54, 1.807) is 12.1 Å². The Bertz CT molecular complexity index is 515. The lowest BCUT2D eigenvalue weighted by atomic mass is 9.86. The summed E-state index contributed by atoms with van der Waals surface area (Å²) in [5, 5.41) is 11.1. The van der Waals surface area contributed by atoms with Crippen LogP contribution in [0, 0.1) is 10.1 Å². The van der Waals surface area contributed by atoms with E-state index in [2.05, 4.69) is 0 Å². The van der Waals surface area contributed by atoms with Crippen LogP contribution >= 0.6 is 0 Å². The number of hydrogen-bond donors (Lipinski definition) is 0. The predicted molar refractivity (Wildman–Crippen MR) is 71.2 cm³/mol. The van der Waals surface area contributed by atoms with Crippen molar-refractivity contribution in [2.24, 2.45) is 0 Å². The van der Waals surface area contributed by atoms with Crippen molar-refractivity contribution in [1.82, 2.24) is 0 Å². The molecule has 0 bridgehead atoms. The molecule has 0 aliphatic heterocycles. The Labute approximate surface area is 111 Å². The first-order chi connectivity index (χ1) is 8.75. The number of Topliss-reactive ketones (excluding diaryl/α,β-unsaturated/α-hetero) is 1. The fourth-order valence-electron chi connectivity index (χ4n) is 1.73. The first-order valence-electron chi connectivity index (χ1n) is 5.99. The van der Waals surface area contributed by atoms with Crippen LogP contribution in [0.3, 0.4) is 0 Å². The van der Waals surface area contributed by atoms with Gasteiger partial charge in [-0.3, -0.25) is 14.9 Å². The van der Waals surface area contributed by atoms with Crippen molar-refractivity contribution in [3.8, 4) is 0 Å². The highest BCUT2D eigenvalue weighted by Gasteiger charge is 2.21. The summed E-state index contributed by atoms with van der Waals surface area (Å²) >= 11 is 0. The highest BCUT2D eigenvalue weighted by Crippen LogP contribution is 2.28. The van der Waals surface area contributed by atoms with Gasteiger partial charge < -0.3 is 4.79 Å². The summed E-state index contributed by atoms with van der Waals surface area (Å²) < 4.78 is 0. The molecule has 0 fully saturated rings. The smallest absolute Gasteiger partial charge is 0.273 e. The van der Waals surface area contributed by atoms with Gasteiger partial charge in [0.25, 0.3) is 5.69 Å². The summed E-state index contributed by atoms with van der Waals surface area (Å²) in [6.45, 7) is 5.88. The second-order valence-electron chi connectivity index (χ2n) is 5.44. The molecule has 0 saturated carbocycles. The summed E-state index contributed by atoms with van der Waals surface area (Å²) in [7, 11) is 0. The molecule has 0 atom stereocenters. The molecule has 0 aliphatic carbocycles. The molecule has 0 aromatic heterocycles. The minimum Gasteiger partial charge on any atom is -0.303 e. The van der Waals surface area contributed by atoms with Crippen molar-refractivity contribution in [1.29, 1.82) is 0 Å². The average Bonchev–Trinajstić information content (AvgIpc) is 2.27. The summed E-state index contributed by atoms with van der Waals surface area (Å²) in [5.74, 6) is -0.318. The molecule has 1 rings (SSSR count). The van der Waals surface area contributed by atoms with Gasteiger partial charge in [-0.15, -0.1) is 0 Å². The molecule has 0 spiro atoms. The van der Waals surface area contributed by atoms with E-state index in [9.17, 15) is 19.7 Å². The number of aldehydes is 1. The largest absolute Gasteiger partial charge is 0.303 e. The van der Waals surface area contributed by atoms with Crippen LogP contribution in [0.5, 0.6) is 0 Å². The monoisotopic (exact) mass is 263 g/mol. The molecule has 1 aromatic rings. The quantitative estimate of drug-likeness (QED) is 0.354. The number of benzene rings is 1. The van der Waals surface area contributed by atoms with Crippen molar-refractivity contribution in [2.75, 3.05) is 0 Å². The summed E-state index contributed by atoms with van der Waals surface area (Å²) in [4.78, 5) is 32.2. The minimum absolute atomic E-state index is 0.0633. The number of nitro benzene ring substituents is 1. The number of ketones is 1. The second kappa shape index (κ2) is 5.73. The molecule has 0 amide bonds. The third-order valence-electron chi connectivity index (χ3n) is 2.85. The van der Waals surface area contributed by atoms with Crippen LogP contribution in [0.1, 0.15) is 38.3 Å². The van der Waals surface area contributed by atoms with E-state index in [0.717, 1.165) is 5.56 Å². The number of carbonyl (C=O) groups is 2. The van der Waals surface area contributed by atoms with Crippen molar-refractivity contribution in [2.45, 2.75) is 39.0 Å². The van der Waals surface area contributed by atoms with Crippen molar-refractivity contribution < 1.29 is 14.5 Å². The Morgan fingerprint density at radius 1 is 1.37 bits per heavy atom. The lowest BCUT2D eigenvalue weighted by Gasteiger charge is -2.19. The summed E-state index contributed by atoms with van der Waals surface area (Å²) in [6.07, 6.45) is 0.218. The van der Waals surface area contributed by atoms with Crippen LogP contribution in [0.25, 0.3) is 0 Å². The highest BCUT2D eigenvalue weighted by atomic mass is 16.6. The zero-order chi connectivity index (χ0) is 14.6. The predicted octanol–water partition coefficient (Wildman–Crippen LogP) is 2.59. The maximum atomic E-state index is 11.4. The van der Waals surface area contributed by atoms with Gasteiger partial charge in [-0.25, -0.2) is 0 Å². The molecule has 102 valence electrons. The summed E-state index contributed by atoms with van der Waals surface area (Å²) in [6, 6.07) is 4.89. The highest BCUT2D eigenvalue weighted by molar-refractivity contribution is 5.91. The second-order valence-corrected chi connectivity index (χ2v) is 5.44. The van der Waals surface area contributed by atoms with Crippen LogP contribution in [0.4, 0.5) is 5.69 Å². The van der Waals surface area contributed by atoms with Gasteiger partial charge in [-0.05, 0) is 11.0 Å². The molecule has 19 heavy (non-hydrogen) atoms. The molecule has 0 unspecified atom stereocenters. The van der Waals surface area contributed by atoms with Gasteiger partial charge in [0, 0.05) is 18.1 Å². The van der Waals surface area contributed by atoms with Crippen LogP contribution in [-0.2, 0) is 21.4 Å². The van der Waals surface area contributed by atoms with Gasteiger partial charge in [-0.1, -0.05) is 32.9 Å². The van der Waals surface area contributed by atoms with E-state index in [4.69, 9.17) is 0 Å². The summed E-state index contributed by atoms with van der Waals surface area (Å²) in [5.41, 5.74) is 0.929. The molecule has 0 saturated heterocycles. The Morgan fingerprint density at radius 2 is 2.00 bits per heavy atom. The van der Waals surface area contributed by atoms with Crippen LogP contribution in [0.2, 0.25) is 0 Å². The van der Waals surface area contributed by atoms with Gasteiger partial charge in [0.15, 0.2) is 0 Å². The molecular weight excluding hydrogens is 246 g/mol. The van der Waals surface area contributed by atoms with E-state index in [1.165, 1.54) is 6.07 Å². The Balaban J connectivity index is 3.16. The molecular formula is C14H17NO4. The van der Waals surface area contributed by atoms with Crippen LogP contribution < -0.4 is 0 Å². The zero-order valence-electron chi connectivity index (χ0n) is 11.3. The van der Waals surface area contributed by atoms with Gasteiger partial charge in [0.05, 0.1) is 11.3 Å². The first-order valence-corrected chi connectivity index (χ1v) is 5.99. The fourth-order valence-corrected chi connectivity index (χ4v) is 1.73. The molecule has 5 heteroatoms. The number of nitrogens with zero attached hydrogens (tertiary/aromatic N) is 1. The van der Waals surface area contributed by atoms with Crippen molar-refractivity contribution in [3.05, 3.63) is 39.4 Å². The Kier molecular flexibility index (Phi) is 4.53. The standard InChI is InChI=1S/C14H17NO4/c1-14(2,3)11-5-4-10(8-12(17)6-7-16)13(9-11)15(18)19/h4-5,7,9H,6,8H2,1-3H3. The van der Waals surface area contributed by atoms with Gasteiger partial charge in [0.2, 0.25) is 0 Å². The molecule has 5 nitrogen and oxygen atoms in total.